The SMILES string of the molecule is Cc1ccc(O[C@H](C)C(=O)Nc2ccc(Br)cc2F)c([N+](=O)[O-])n1. The van der Waals surface area contributed by atoms with Crippen molar-refractivity contribution in [3.05, 3.63) is 56.4 Å². The van der Waals surface area contributed by atoms with E-state index in [2.05, 4.69) is 26.2 Å². The van der Waals surface area contributed by atoms with Crippen molar-refractivity contribution in [2.45, 2.75) is 20.0 Å². The number of nitro groups is 1. The van der Waals surface area contributed by atoms with E-state index in [0.717, 1.165) is 0 Å². The van der Waals surface area contributed by atoms with Gasteiger partial charge < -0.3 is 20.2 Å². The number of halogens is 2. The van der Waals surface area contributed by atoms with Crippen LogP contribution in [-0.2, 0) is 4.79 Å². The molecular weight excluding hydrogens is 385 g/mol. The van der Waals surface area contributed by atoms with Crippen molar-refractivity contribution in [1.29, 1.82) is 0 Å². The van der Waals surface area contributed by atoms with Gasteiger partial charge in [-0.15, -0.1) is 0 Å². The van der Waals surface area contributed by atoms with Crippen LogP contribution in [0.4, 0.5) is 15.9 Å². The summed E-state index contributed by atoms with van der Waals surface area (Å²) in [6.07, 6.45) is -1.09. The highest BCUT2D eigenvalue weighted by atomic mass is 79.9. The Hall–Kier alpha value is -2.55. The molecule has 9 heteroatoms. The number of carbonyl (C=O) groups excluding carboxylic acids is 1. The number of ether oxygens (including phenoxy) is 1. The maximum Gasteiger partial charge on any atom is 0.406 e. The number of aryl methyl sites for hydroxylation is 1. The van der Waals surface area contributed by atoms with Gasteiger partial charge in [-0.1, -0.05) is 15.9 Å². The Morgan fingerprint density at radius 3 is 2.75 bits per heavy atom. The summed E-state index contributed by atoms with van der Waals surface area (Å²) >= 11 is 3.11. The van der Waals surface area contributed by atoms with Gasteiger partial charge in [0.2, 0.25) is 5.75 Å². The normalized spacial score (nSPS) is 11.7. The molecule has 1 N–H and O–H groups in total. The average molecular weight is 398 g/mol. The van der Waals surface area contributed by atoms with Gasteiger partial charge in [0.15, 0.2) is 6.10 Å². The fraction of sp³-hybridized carbons (Fsp3) is 0.200. The van der Waals surface area contributed by atoms with Crippen molar-refractivity contribution in [2.75, 3.05) is 5.32 Å². The molecule has 0 unspecified atom stereocenters. The lowest BCUT2D eigenvalue weighted by Gasteiger charge is -2.15. The third kappa shape index (κ3) is 4.25. The molecule has 1 aromatic carbocycles. The number of hydrogen-bond acceptors (Lipinski definition) is 5. The Morgan fingerprint density at radius 2 is 2.12 bits per heavy atom. The highest BCUT2D eigenvalue weighted by Gasteiger charge is 2.23. The largest absolute Gasteiger partial charge is 0.473 e. The molecule has 0 aliphatic carbocycles. The smallest absolute Gasteiger partial charge is 0.406 e. The van der Waals surface area contributed by atoms with Crippen molar-refractivity contribution in [3.8, 4) is 5.75 Å². The molecule has 1 aromatic heterocycles. The molecule has 0 aliphatic heterocycles. The zero-order valence-electron chi connectivity index (χ0n) is 12.7. The molecule has 0 aliphatic rings. The monoisotopic (exact) mass is 397 g/mol. The van der Waals surface area contributed by atoms with Gasteiger partial charge >= 0.3 is 5.82 Å². The van der Waals surface area contributed by atoms with Crippen molar-refractivity contribution < 1.29 is 18.8 Å². The summed E-state index contributed by atoms with van der Waals surface area (Å²) in [4.78, 5) is 26.2. The molecule has 2 rings (SSSR count). The quantitative estimate of drug-likeness (QED) is 0.614. The highest BCUT2D eigenvalue weighted by molar-refractivity contribution is 9.10. The number of benzene rings is 1. The summed E-state index contributed by atoms with van der Waals surface area (Å²) in [5.41, 5.74) is 0.429. The highest BCUT2D eigenvalue weighted by Crippen LogP contribution is 2.26. The Balaban J connectivity index is 2.13. The van der Waals surface area contributed by atoms with E-state index in [1.807, 2.05) is 0 Å². The minimum Gasteiger partial charge on any atom is -0.473 e. The summed E-state index contributed by atoms with van der Waals surface area (Å²) in [6, 6.07) is 7.06. The lowest BCUT2D eigenvalue weighted by Crippen LogP contribution is -2.30. The number of carbonyl (C=O) groups is 1. The maximum atomic E-state index is 13.7. The van der Waals surface area contributed by atoms with E-state index in [1.54, 1.807) is 13.0 Å². The topological polar surface area (TPSA) is 94.4 Å². The fourth-order valence-corrected chi connectivity index (χ4v) is 2.16. The number of amides is 1. The molecule has 24 heavy (non-hydrogen) atoms. The number of hydrogen-bond donors (Lipinski definition) is 1. The Bertz CT molecular complexity index is 800. The first-order chi connectivity index (χ1) is 11.3. The molecule has 1 amide bonds. The first kappa shape index (κ1) is 17.8. The van der Waals surface area contributed by atoms with E-state index in [0.29, 0.717) is 10.2 Å². The molecule has 2 aromatic rings. The van der Waals surface area contributed by atoms with Crippen molar-refractivity contribution >= 4 is 33.3 Å². The first-order valence-corrected chi connectivity index (χ1v) is 7.62. The standard InChI is InChI=1S/C15H13BrFN3O4/c1-8-3-6-13(14(18-8)20(22)23)24-9(2)15(21)19-12-5-4-10(16)7-11(12)17/h3-7,9H,1-2H3,(H,19,21)/t9-/m1/s1. The number of nitrogens with zero attached hydrogens (tertiary/aromatic N) is 2. The van der Waals surface area contributed by atoms with Crippen molar-refractivity contribution in [2.24, 2.45) is 0 Å². The maximum absolute atomic E-state index is 13.7. The minimum atomic E-state index is -1.09. The van der Waals surface area contributed by atoms with Crippen molar-refractivity contribution in [1.82, 2.24) is 4.98 Å². The number of rotatable bonds is 5. The number of pyridine rings is 1. The van der Waals surface area contributed by atoms with E-state index in [-0.39, 0.29) is 11.4 Å². The fourth-order valence-electron chi connectivity index (χ4n) is 1.82. The summed E-state index contributed by atoms with van der Waals surface area (Å²) in [5, 5.41) is 13.4. The van der Waals surface area contributed by atoms with Crippen LogP contribution in [0.5, 0.6) is 5.75 Å². The summed E-state index contributed by atoms with van der Waals surface area (Å²) in [5.74, 6) is -1.88. The Morgan fingerprint density at radius 1 is 1.42 bits per heavy atom. The van der Waals surface area contributed by atoms with Crippen LogP contribution in [0, 0.1) is 22.9 Å². The molecule has 0 bridgehead atoms. The van der Waals surface area contributed by atoms with E-state index in [4.69, 9.17) is 4.74 Å². The summed E-state index contributed by atoms with van der Waals surface area (Å²) in [7, 11) is 0. The lowest BCUT2D eigenvalue weighted by molar-refractivity contribution is -0.390. The molecule has 0 spiro atoms. The van der Waals surface area contributed by atoms with Gasteiger partial charge in [-0.2, -0.15) is 0 Å². The van der Waals surface area contributed by atoms with Gasteiger partial charge in [0.05, 0.1) is 5.69 Å². The number of anilines is 1. The molecule has 126 valence electrons. The molecule has 7 nitrogen and oxygen atoms in total. The Labute approximate surface area is 145 Å². The predicted molar refractivity (Wildman–Crippen MR) is 88.4 cm³/mol. The van der Waals surface area contributed by atoms with Gasteiger partial charge in [0.1, 0.15) is 11.5 Å². The molecule has 0 saturated carbocycles. The first-order valence-electron chi connectivity index (χ1n) is 6.82. The molecule has 1 atom stereocenters. The average Bonchev–Trinajstić information content (AvgIpc) is 2.51. The van der Waals surface area contributed by atoms with Crippen molar-refractivity contribution in [3.63, 3.8) is 0 Å². The lowest BCUT2D eigenvalue weighted by atomic mass is 10.3. The van der Waals surface area contributed by atoms with Crippen LogP contribution in [-0.4, -0.2) is 21.9 Å². The van der Waals surface area contributed by atoms with E-state index in [9.17, 15) is 19.3 Å². The van der Waals surface area contributed by atoms with Gasteiger partial charge in [0.25, 0.3) is 5.91 Å². The molecule has 0 fully saturated rings. The van der Waals surface area contributed by atoms with Crippen LogP contribution in [0.1, 0.15) is 12.6 Å². The molecule has 0 radical (unpaired) electrons. The second kappa shape index (κ2) is 7.35. The third-order valence-corrected chi connectivity index (χ3v) is 3.51. The summed E-state index contributed by atoms with van der Waals surface area (Å²) in [6.45, 7) is 3.00. The predicted octanol–water partition coefficient (Wildman–Crippen LogP) is 3.61. The molecular formula is C15H13BrFN3O4. The van der Waals surface area contributed by atoms with E-state index >= 15 is 0 Å². The third-order valence-electron chi connectivity index (χ3n) is 3.01. The number of aromatic nitrogens is 1. The van der Waals surface area contributed by atoms with E-state index < -0.39 is 28.6 Å². The minimum absolute atomic E-state index is 0.0184. The second-order valence-corrected chi connectivity index (χ2v) is 5.82. The van der Waals surface area contributed by atoms with Crippen LogP contribution in [0.25, 0.3) is 0 Å². The van der Waals surface area contributed by atoms with Gasteiger partial charge in [-0.3, -0.25) is 4.79 Å². The second-order valence-electron chi connectivity index (χ2n) is 4.90. The summed E-state index contributed by atoms with van der Waals surface area (Å²) < 4.78 is 19.6. The van der Waals surface area contributed by atoms with Gasteiger partial charge in [-0.05, 0) is 47.2 Å². The van der Waals surface area contributed by atoms with Gasteiger partial charge in [0, 0.05) is 11.4 Å². The van der Waals surface area contributed by atoms with Crippen LogP contribution < -0.4 is 10.1 Å². The molecule has 1 heterocycles. The van der Waals surface area contributed by atoms with Crippen LogP contribution >= 0.6 is 15.9 Å². The van der Waals surface area contributed by atoms with E-state index in [1.165, 1.54) is 31.2 Å². The molecule has 0 saturated heterocycles. The zero-order chi connectivity index (χ0) is 17.9. The van der Waals surface area contributed by atoms with Crippen LogP contribution in [0.3, 0.4) is 0 Å². The van der Waals surface area contributed by atoms with Crippen LogP contribution in [0.2, 0.25) is 0 Å². The van der Waals surface area contributed by atoms with Crippen LogP contribution in [0.15, 0.2) is 34.8 Å². The number of nitrogens with one attached hydrogen (secondary N) is 1. The van der Waals surface area contributed by atoms with Gasteiger partial charge in [-0.25, -0.2) is 4.39 Å². The Kier molecular flexibility index (Phi) is 5.45. The zero-order valence-corrected chi connectivity index (χ0v) is 14.3.